The number of halogens is 6. The fraction of sp³-hybridized carbons (Fsp3) is 0.154. The first-order valence-corrected chi connectivity index (χ1v) is 7.14. The molecule has 1 unspecified atom stereocenters. The van der Waals surface area contributed by atoms with E-state index in [9.17, 15) is 22.7 Å². The van der Waals surface area contributed by atoms with Crippen molar-refractivity contribution in [1.82, 2.24) is 4.98 Å². The lowest BCUT2D eigenvalue weighted by Gasteiger charge is -2.15. The van der Waals surface area contributed by atoms with Gasteiger partial charge in [-0.05, 0) is 55.6 Å². The molecule has 0 aliphatic carbocycles. The molecule has 2 aromatic rings. The molecule has 0 aliphatic rings. The minimum absolute atomic E-state index is 0.0979. The number of pyridine rings is 1. The number of hydrogen-bond acceptors (Lipinski definition) is 2. The van der Waals surface area contributed by atoms with Gasteiger partial charge in [-0.15, -0.1) is 0 Å². The van der Waals surface area contributed by atoms with Crippen LogP contribution in [0.2, 0.25) is 0 Å². The van der Waals surface area contributed by atoms with Gasteiger partial charge in [0, 0.05) is 15.1 Å². The Labute approximate surface area is 134 Å². The van der Waals surface area contributed by atoms with E-state index >= 15 is 0 Å². The number of aromatic nitrogens is 1. The topological polar surface area (TPSA) is 33.1 Å². The number of alkyl halides is 3. The van der Waals surface area contributed by atoms with Crippen LogP contribution in [0.5, 0.6) is 0 Å². The Kier molecular flexibility index (Phi) is 4.69. The zero-order valence-electron chi connectivity index (χ0n) is 10.1. The van der Waals surface area contributed by atoms with E-state index in [-0.39, 0.29) is 11.3 Å². The van der Waals surface area contributed by atoms with Crippen LogP contribution in [0.3, 0.4) is 0 Å². The van der Waals surface area contributed by atoms with Crippen LogP contribution in [-0.2, 0) is 6.18 Å². The molecular weight excluding hydrogens is 422 g/mol. The smallest absolute Gasteiger partial charge is 0.382 e. The Balaban J connectivity index is 2.46. The third-order valence-corrected chi connectivity index (χ3v) is 3.78. The molecule has 1 aromatic heterocycles. The molecule has 8 heteroatoms. The van der Waals surface area contributed by atoms with Crippen molar-refractivity contribution >= 4 is 31.9 Å². The maximum Gasteiger partial charge on any atom is 0.419 e. The van der Waals surface area contributed by atoms with Crippen LogP contribution in [0, 0.1) is 5.82 Å². The molecule has 1 heterocycles. The standard InChI is InChI=1S/C13H7Br2F4NO/c14-7-4-9(15)11(20-5-7)12(21)6-1-2-10(16)8(3-6)13(17,18)19/h1-5,12,21H. The molecule has 1 aromatic carbocycles. The molecule has 0 aliphatic heterocycles. The summed E-state index contributed by atoms with van der Waals surface area (Å²) in [4.78, 5) is 3.95. The van der Waals surface area contributed by atoms with Crippen LogP contribution >= 0.6 is 31.9 Å². The van der Waals surface area contributed by atoms with E-state index in [4.69, 9.17) is 0 Å². The van der Waals surface area contributed by atoms with Gasteiger partial charge in [0.15, 0.2) is 0 Å². The minimum atomic E-state index is -4.83. The second-order valence-electron chi connectivity index (χ2n) is 4.16. The number of rotatable bonds is 2. The Morgan fingerprint density at radius 2 is 1.81 bits per heavy atom. The SMILES string of the molecule is OC(c1ccc(F)c(C(F)(F)F)c1)c1ncc(Br)cc1Br. The van der Waals surface area contributed by atoms with Crippen LogP contribution < -0.4 is 0 Å². The molecule has 112 valence electrons. The van der Waals surface area contributed by atoms with Gasteiger partial charge in [0.2, 0.25) is 0 Å². The lowest BCUT2D eigenvalue weighted by molar-refractivity contribution is -0.140. The molecule has 0 amide bonds. The summed E-state index contributed by atoms with van der Waals surface area (Å²) in [6.07, 6.45) is -4.84. The molecule has 0 fully saturated rings. The maximum absolute atomic E-state index is 13.2. The zero-order chi connectivity index (χ0) is 15.8. The summed E-state index contributed by atoms with van der Waals surface area (Å²) < 4.78 is 52.3. The molecule has 1 N–H and O–H groups in total. The third kappa shape index (κ3) is 3.61. The van der Waals surface area contributed by atoms with Crippen LogP contribution in [-0.4, -0.2) is 10.1 Å². The first-order valence-electron chi connectivity index (χ1n) is 5.56. The lowest BCUT2D eigenvalue weighted by atomic mass is 10.0. The molecule has 0 bridgehead atoms. The summed E-state index contributed by atoms with van der Waals surface area (Å²) in [6.45, 7) is 0. The van der Waals surface area contributed by atoms with Crippen LogP contribution in [0.25, 0.3) is 0 Å². The predicted molar refractivity (Wildman–Crippen MR) is 75.1 cm³/mol. The van der Waals surface area contributed by atoms with Gasteiger partial charge < -0.3 is 5.11 Å². The highest BCUT2D eigenvalue weighted by Gasteiger charge is 2.35. The number of aliphatic hydroxyl groups excluding tert-OH is 1. The van der Waals surface area contributed by atoms with E-state index < -0.39 is 23.7 Å². The second kappa shape index (κ2) is 6.02. The quantitative estimate of drug-likeness (QED) is 0.694. The van der Waals surface area contributed by atoms with E-state index in [1.807, 2.05) is 0 Å². The van der Waals surface area contributed by atoms with E-state index in [1.54, 1.807) is 6.07 Å². The molecule has 0 saturated carbocycles. The lowest BCUT2D eigenvalue weighted by Crippen LogP contribution is -2.11. The van der Waals surface area contributed by atoms with Gasteiger partial charge in [-0.1, -0.05) is 6.07 Å². The van der Waals surface area contributed by atoms with Crippen molar-refractivity contribution in [2.75, 3.05) is 0 Å². The Morgan fingerprint density at radius 1 is 1.14 bits per heavy atom. The van der Waals surface area contributed by atoms with E-state index in [2.05, 4.69) is 36.8 Å². The van der Waals surface area contributed by atoms with Gasteiger partial charge in [0.25, 0.3) is 0 Å². The molecule has 0 saturated heterocycles. The number of benzene rings is 1. The molecule has 2 nitrogen and oxygen atoms in total. The van der Waals surface area contributed by atoms with Crippen molar-refractivity contribution in [3.63, 3.8) is 0 Å². The highest BCUT2D eigenvalue weighted by molar-refractivity contribution is 9.11. The summed E-state index contributed by atoms with van der Waals surface area (Å²) in [5.41, 5.74) is -1.38. The molecule has 2 rings (SSSR count). The second-order valence-corrected chi connectivity index (χ2v) is 5.93. The van der Waals surface area contributed by atoms with Gasteiger partial charge in [0.1, 0.15) is 11.9 Å². The first kappa shape index (κ1) is 16.4. The Bertz CT molecular complexity index is 676. The van der Waals surface area contributed by atoms with Crippen molar-refractivity contribution < 1.29 is 22.7 Å². The van der Waals surface area contributed by atoms with E-state index in [0.717, 1.165) is 6.07 Å². The summed E-state index contributed by atoms with van der Waals surface area (Å²) >= 11 is 6.35. The highest BCUT2D eigenvalue weighted by Crippen LogP contribution is 2.35. The summed E-state index contributed by atoms with van der Waals surface area (Å²) in [5, 5.41) is 10.1. The molecule has 0 radical (unpaired) electrons. The van der Waals surface area contributed by atoms with E-state index in [0.29, 0.717) is 21.1 Å². The Hall–Kier alpha value is -0.990. The first-order chi connectivity index (χ1) is 9.70. The molecule has 1 atom stereocenters. The third-order valence-electron chi connectivity index (χ3n) is 2.71. The van der Waals surface area contributed by atoms with Gasteiger partial charge in [-0.25, -0.2) is 4.39 Å². The van der Waals surface area contributed by atoms with Crippen molar-refractivity contribution in [2.45, 2.75) is 12.3 Å². The minimum Gasteiger partial charge on any atom is -0.382 e. The van der Waals surface area contributed by atoms with Crippen molar-refractivity contribution in [1.29, 1.82) is 0 Å². The molecule has 0 spiro atoms. The predicted octanol–water partition coefficient (Wildman–Crippen LogP) is 4.85. The van der Waals surface area contributed by atoms with Crippen LogP contribution in [0.4, 0.5) is 17.6 Å². The van der Waals surface area contributed by atoms with Crippen molar-refractivity contribution in [3.8, 4) is 0 Å². The molecular formula is C13H7Br2F4NO. The van der Waals surface area contributed by atoms with Crippen molar-refractivity contribution in [3.05, 3.63) is 62.0 Å². The number of nitrogens with zero attached hydrogens (tertiary/aromatic N) is 1. The number of hydrogen-bond donors (Lipinski definition) is 1. The molecule has 21 heavy (non-hydrogen) atoms. The van der Waals surface area contributed by atoms with Crippen molar-refractivity contribution in [2.24, 2.45) is 0 Å². The average Bonchev–Trinajstić information content (AvgIpc) is 2.37. The Morgan fingerprint density at radius 3 is 2.38 bits per heavy atom. The van der Waals surface area contributed by atoms with Gasteiger partial charge in [-0.3, -0.25) is 4.98 Å². The largest absolute Gasteiger partial charge is 0.419 e. The average molecular weight is 429 g/mol. The fourth-order valence-electron chi connectivity index (χ4n) is 1.71. The summed E-state index contributed by atoms with van der Waals surface area (Å²) in [6, 6.07) is 3.94. The van der Waals surface area contributed by atoms with Gasteiger partial charge >= 0.3 is 6.18 Å². The summed E-state index contributed by atoms with van der Waals surface area (Å²) in [5.74, 6) is -1.39. The number of aliphatic hydroxyl groups is 1. The highest BCUT2D eigenvalue weighted by atomic mass is 79.9. The maximum atomic E-state index is 13.2. The fourth-order valence-corrected chi connectivity index (χ4v) is 2.92. The normalized spacial score (nSPS) is 13.3. The summed E-state index contributed by atoms with van der Waals surface area (Å²) in [7, 11) is 0. The van der Waals surface area contributed by atoms with Gasteiger partial charge in [-0.2, -0.15) is 13.2 Å². The van der Waals surface area contributed by atoms with Crippen LogP contribution in [0.1, 0.15) is 22.9 Å². The van der Waals surface area contributed by atoms with Gasteiger partial charge in [0.05, 0.1) is 11.3 Å². The van der Waals surface area contributed by atoms with E-state index in [1.165, 1.54) is 6.20 Å². The zero-order valence-corrected chi connectivity index (χ0v) is 13.3. The monoisotopic (exact) mass is 427 g/mol. The van der Waals surface area contributed by atoms with Crippen LogP contribution in [0.15, 0.2) is 39.4 Å².